The first-order chi connectivity index (χ1) is 9.90. The van der Waals surface area contributed by atoms with E-state index in [1.807, 2.05) is 0 Å². The molecule has 1 atom stereocenters. The zero-order chi connectivity index (χ0) is 15.5. The van der Waals surface area contributed by atoms with Gasteiger partial charge in [-0.15, -0.1) is 0 Å². The third-order valence-corrected chi connectivity index (χ3v) is 3.71. The minimum Gasteiger partial charge on any atom is -0.383 e. The summed E-state index contributed by atoms with van der Waals surface area (Å²) in [5.41, 5.74) is -1.64. The molecule has 0 aliphatic carbocycles. The van der Waals surface area contributed by atoms with E-state index in [-0.39, 0.29) is 23.9 Å². The molecule has 21 heavy (non-hydrogen) atoms. The van der Waals surface area contributed by atoms with E-state index in [9.17, 15) is 18.7 Å². The minimum atomic E-state index is -1.60. The van der Waals surface area contributed by atoms with Crippen molar-refractivity contribution in [3.05, 3.63) is 35.4 Å². The average Bonchev–Trinajstić information content (AvgIpc) is 2.45. The Kier molecular flexibility index (Phi) is 4.90. The van der Waals surface area contributed by atoms with Crippen LogP contribution in [-0.2, 0) is 15.1 Å². The monoisotopic (exact) mass is 299 g/mol. The first-order valence-electron chi connectivity index (χ1n) is 6.93. The molecule has 1 saturated heterocycles. The summed E-state index contributed by atoms with van der Waals surface area (Å²) in [5.74, 6) is -1.87. The van der Waals surface area contributed by atoms with Gasteiger partial charge in [-0.2, -0.15) is 0 Å². The summed E-state index contributed by atoms with van der Waals surface area (Å²) in [7, 11) is 0. The molecule has 0 aromatic heterocycles. The Hall–Kier alpha value is -1.53. The molecule has 2 rings (SSSR count). The molecule has 1 aliphatic rings. The zero-order valence-corrected chi connectivity index (χ0v) is 11.9. The highest BCUT2D eigenvalue weighted by atomic mass is 19.1. The van der Waals surface area contributed by atoms with Crippen LogP contribution in [0, 0.1) is 17.6 Å². The van der Waals surface area contributed by atoms with E-state index in [1.165, 1.54) is 13.0 Å². The first-order valence-corrected chi connectivity index (χ1v) is 6.93. The molecule has 1 aromatic rings. The van der Waals surface area contributed by atoms with Crippen molar-refractivity contribution in [2.24, 2.45) is 5.92 Å². The fourth-order valence-electron chi connectivity index (χ4n) is 2.38. The number of rotatable bonds is 4. The molecule has 116 valence electrons. The van der Waals surface area contributed by atoms with Gasteiger partial charge in [0.1, 0.15) is 17.2 Å². The van der Waals surface area contributed by atoms with Crippen molar-refractivity contribution < 1.29 is 23.4 Å². The number of hydrogen-bond acceptors (Lipinski definition) is 3. The molecule has 1 aromatic carbocycles. The number of carbonyl (C=O) groups excluding carboxylic acids is 1. The van der Waals surface area contributed by atoms with Gasteiger partial charge in [-0.3, -0.25) is 4.79 Å². The Morgan fingerprint density at radius 2 is 2.10 bits per heavy atom. The summed E-state index contributed by atoms with van der Waals surface area (Å²) in [6, 6.07) is 2.97. The summed E-state index contributed by atoms with van der Waals surface area (Å²) in [4.78, 5) is 12.0. The smallest absolute Gasteiger partial charge is 0.223 e. The number of nitrogens with one attached hydrogen (secondary N) is 1. The SMILES string of the molecule is CC(O)(CNC(=O)C1CCOCC1)c1ccc(F)cc1F. The second-order valence-corrected chi connectivity index (χ2v) is 5.50. The Balaban J connectivity index is 1.98. The third-order valence-electron chi connectivity index (χ3n) is 3.71. The largest absolute Gasteiger partial charge is 0.383 e. The van der Waals surface area contributed by atoms with Gasteiger partial charge in [0.05, 0.1) is 6.54 Å². The van der Waals surface area contributed by atoms with Crippen molar-refractivity contribution in [3.63, 3.8) is 0 Å². The molecule has 0 bridgehead atoms. The highest BCUT2D eigenvalue weighted by molar-refractivity contribution is 5.78. The molecule has 1 unspecified atom stereocenters. The van der Waals surface area contributed by atoms with Crippen molar-refractivity contribution in [3.8, 4) is 0 Å². The van der Waals surface area contributed by atoms with Crippen LogP contribution in [0.2, 0.25) is 0 Å². The second-order valence-electron chi connectivity index (χ2n) is 5.50. The Labute approximate surface area is 122 Å². The molecular weight excluding hydrogens is 280 g/mol. The van der Waals surface area contributed by atoms with Crippen LogP contribution in [0.25, 0.3) is 0 Å². The molecule has 4 nitrogen and oxygen atoms in total. The van der Waals surface area contributed by atoms with Gasteiger partial charge in [0.25, 0.3) is 0 Å². The maximum absolute atomic E-state index is 13.7. The lowest BCUT2D eigenvalue weighted by Crippen LogP contribution is -2.42. The van der Waals surface area contributed by atoms with Crippen LogP contribution in [0.4, 0.5) is 8.78 Å². The summed E-state index contributed by atoms with van der Waals surface area (Å²) in [6.45, 7) is 2.33. The highest BCUT2D eigenvalue weighted by Crippen LogP contribution is 2.24. The van der Waals surface area contributed by atoms with Crippen molar-refractivity contribution in [2.75, 3.05) is 19.8 Å². The maximum Gasteiger partial charge on any atom is 0.223 e. The second kappa shape index (κ2) is 6.49. The maximum atomic E-state index is 13.7. The lowest BCUT2D eigenvalue weighted by Gasteiger charge is -2.27. The molecule has 6 heteroatoms. The summed E-state index contributed by atoms with van der Waals surface area (Å²) < 4.78 is 31.8. The quantitative estimate of drug-likeness (QED) is 0.890. The lowest BCUT2D eigenvalue weighted by atomic mass is 9.94. The number of halogens is 2. The number of carbonyl (C=O) groups is 1. The summed E-state index contributed by atoms with van der Waals surface area (Å²) in [6.07, 6.45) is 1.28. The van der Waals surface area contributed by atoms with Crippen molar-refractivity contribution in [2.45, 2.75) is 25.4 Å². The normalized spacial score (nSPS) is 19.0. The minimum absolute atomic E-state index is 0.0452. The van der Waals surface area contributed by atoms with E-state index in [4.69, 9.17) is 4.74 Å². The van der Waals surface area contributed by atoms with Crippen LogP contribution in [-0.4, -0.2) is 30.8 Å². The predicted octanol–water partition coefficient (Wildman–Crippen LogP) is 1.72. The number of ether oxygens (including phenoxy) is 1. The van der Waals surface area contributed by atoms with Crippen molar-refractivity contribution >= 4 is 5.91 Å². The number of amides is 1. The van der Waals surface area contributed by atoms with E-state index in [1.54, 1.807) is 0 Å². The molecule has 0 spiro atoms. The van der Waals surface area contributed by atoms with E-state index in [2.05, 4.69) is 5.32 Å². The van der Waals surface area contributed by atoms with Gasteiger partial charge < -0.3 is 15.2 Å². The molecule has 0 radical (unpaired) electrons. The molecule has 0 saturated carbocycles. The third kappa shape index (κ3) is 3.98. The Bertz CT molecular complexity index is 514. The molecule has 2 N–H and O–H groups in total. The van der Waals surface area contributed by atoms with Crippen molar-refractivity contribution in [1.29, 1.82) is 0 Å². The summed E-state index contributed by atoms with van der Waals surface area (Å²) >= 11 is 0. The molecule has 1 heterocycles. The van der Waals surface area contributed by atoms with Crippen LogP contribution in [0.3, 0.4) is 0 Å². The van der Waals surface area contributed by atoms with Gasteiger partial charge in [-0.05, 0) is 25.8 Å². The van der Waals surface area contributed by atoms with Gasteiger partial charge in [0.2, 0.25) is 5.91 Å². The molecule has 1 amide bonds. The van der Waals surface area contributed by atoms with Crippen LogP contribution in [0.5, 0.6) is 0 Å². The number of benzene rings is 1. The molecule has 1 aliphatic heterocycles. The van der Waals surface area contributed by atoms with Gasteiger partial charge in [0, 0.05) is 30.8 Å². The number of aliphatic hydroxyl groups is 1. The van der Waals surface area contributed by atoms with Gasteiger partial charge >= 0.3 is 0 Å². The topological polar surface area (TPSA) is 58.6 Å². The van der Waals surface area contributed by atoms with Crippen molar-refractivity contribution in [1.82, 2.24) is 5.32 Å². The van der Waals surface area contributed by atoms with E-state index in [0.717, 1.165) is 6.07 Å². The van der Waals surface area contributed by atoms with Gasteiger partial charge in [0.15, 0.2) is 0 Å². The fraction of sp³-hybridized carbons (Fsp3) is 0.533. The summed E-state index contributed by atoms with van der Waals surface area (Å²) in [5, 5.41) is 12.9. The van der Waals surface area contributed by atoms with E-state index < -0.39 is 17.2 Å². The predicted molar refractivity (Wildman–Crippen MR) is 72.5 cm³/mol. The van der Waals surface area contributed by atoms with Crippen LogP contribution in [0.15, 0.2) is 18.2 Å². The Morgan fingerprint density at radius 3 is 2.71 bits per heavy atom. The standard InChI is InChI=1S/C15H19F2NO3/c1-15(20,12-3-2-11(16)8-13(12)17)9-18-14(19)10-4-6-21-7-5-10/h2-3,8,10,20H,4-7,9H2,1H3,(H,18,19). The first kappa shape index (κ1) is 15.9. The Morgan fingerprint density at radius 1 is 1.43 bits per heavy atom. The van der Waals surface area contributed by atoms with E-state index >= 15 is 0 Å². The zero-order valence-electron chi connectivity index (χ0n) is 11.9. The van der Waals surface area contributed by atoms with Crippen LogP contribution < -0.4 is 5.32 Å². The highest BCUT2D eigenvalue weighted by Gasteiger charge is 2.29. The van der Waals surface area contributed by atoms with Crippen LogP contribution in [0.1, 0.15) is 25.3 Å². The lowest BCUT2D eigenvalue weighted by molar-refractivity contribution is -0.129. The fourth-order valence-corrected chi connectivity index (χ4v) is 2.38. The number of hydrogen-bond donors (Lipinski definition) is 2. The average molecular weight is 299 g/mol. The van der Waals surface area contributed by atoms with Crippen LogP contribution >= 0.6 is 0 Å². The van der Waals surface area contributed by atoms with E-state index in [0.29, 0.717) is 32.1 Å². The molecular formula is C15H19F2NO3. The van der Waals surface area contributed by atoms with Gasteiger partial charge in [-0.25, -0.2) is 8.78 Å². The van der Waals surface area contributed by atoms with Gasteiger partial charge in [-0.1, -0.05) is 6.07 Å². The molecule has 1 fully saturated rings.